The zero-order valence-electron chi connectivity index (χ0n) is 8.93. The fraction of sp³-hybridized carbons (Fsp3) is 0.273. The number of nitrogens with zero attached hydrogens (tertiary/aromatic N) is 3. The van der Waals surface area contributed by atoms with Crippen LogP contribution in [0.15, 0.2) is 29.9 Å². The van der Waals surface area contributed by atoms with E-state index < -0.39 is 0 Å². The Kier molecular flexibility index (Phi) is 3.74. The molecule has 2 aromatic rings. The average Bonchev–Trinajstić information content (AvgIpc) is 2.78. The van der Waals surface area contributed by atoms with E-state index in [1.54, 1.807) is 17.5 Å². The standard InChI is InChI=1S/C11H12ClN3S/c1-15(5-4-9-3-2-6-16-9)11-8-13-7-10(12)14-11/h2-3,6-8H,4-5H2,1H3. The summed E-state index contributed by atoms with van der Waals surface area (Å²) in [5.74, 6) is 0.809. The normalized spacial score (nSPS) is 10.4. The van der Waals surface area contributed by atoms with E-state index in [-0.39, 0.29) is 0 Å². The molecule has 0 radical (unpaired) electrons. The molecule has 2 rings (SSSR count). The van der Waals surface area contributed by atoms with E-state index in [9.17, 15) is 0 Å². The Balaban J connectivity index is 1.95. The van der Waals surface area contributed by atoms with E-state index in [4.69, 9.17) is 11.6 Å². The molecule has 0 aliphatic carbocycles. The second-order valence-corrected chi connectivity index (χ2v) is 4.87. The third-order valence-electron chi connectivity index (χ3n) is 2.26. The number of thiophene rings is 1. The predicted octanol–water partition coefficient (Wildman–Crippen LogP) is 2.87. The SMILES string of the molecule is CN(CCc1cccs1)c1cncc(Cl)n1. The summed E-state index contributed by atoms with van der Waals surface area (Å²) in [4.78, 5) is 11.7. The number of hydrogen-bond donors (Lipinski definition) is 0. The van der Waals surface area contributed by atoms with Crippen molar-refractivity contribution in [2.75, 3.05) is 18.5 Å². The Morgan fingerprint density at radius 3 is 3.00 bits per heavy atom. The molecule has 0 aliphatic rings. The van der Waals surface area contributed by atoms with Crippen molar-refractivity contribution in [3.63, 3.8) is 0 Å². The largest absolute Gasteiger partial charge is 0.358 e. The lowest BCUT2D eigenvalue weighted by atomic mass is 10.3. The maximum Gasteiger partial charge on any atom is 0.149 e. The van der Waals surface area contributed by atoms with E-state index >= 15 is 0 Å². The summed E-state index contributed by atoms with van der Waals surface area (Å²) < 4.78 is 0. The van der Waals surface area contributed by atoms with Crippen molar-refractivity contribution in [3.05, 3.63) is 39.9 Å². The van der Waals surface area contributed by atoms with E-state index in [0.29, 0.717) is 5.15 Å². The van der Waals surface area contributed by atoms with E-state index in [2.05, 4.69) is 32.4 Å². The minimum Gasteiger partial charge on any atom is -0.358 e. The molecule has 0 amide bonds. The Bertz CT molecular complexity index is 444. The quantitative estimate of drug-likeness (QED) is 0.839. The highest BCUT2D eigenvalue weighted by Crippen LogP contribution is 2.13. The van der Waals surface area contributed by atoms with Gasteiger partial charge in [-0.15, -0.1) is 11.3 Å². The molecule has 0 spiro atoms. The molecular formula is C11H12ClN3S. The topological polar surface area (TPSA) is 29.0 Å². The predicted molar refractivity (Wildman–Crippen MR) is 68.3 cm³/mol. The van der Waals surface area contributed by atoms with Crippen molar-refractivity contribution in [3.8, 4) is 0 Å². The molecule has 0 saturated heterocycles. The molecule has 0 atom stereocenters. The van der Waals surface area contributed by atoms with Crippen LogP contribution in [0.3, 0.4) is 0 Å². The molecular weight excluding hydrogens is 242 g/mol. The van der Waals surface area contributed by atoms with Gasteiger partial charge in [0.05, 0.1) is 12.4 Å². The van der Waals surface area contributed by atoms with E-state index in [1.807, 2.05) is 7.05 Å². The van der Waals surface area contributed by atoms with Crippen molar-refractivity contribution in [1.82, 2.24) is 9.97 Å². The summed E-state index contributed by atoms with van der Waals surface area (Å²) in [6.45, 7) is 0.912. The molecule has 0 bridgehead atoms. The third kappa shape index (κ3) is 2.93. The summed E-state index contributed by atoms with van der Waals surface area (Å²) >= 11 is 7.56. The Morgan fingerprint density at radius 1 is 1.44 bits per heavy atom. The van der Waals surface area contributed by atoms with Gasteiger partial charge in [-0.1, -0.05) is 17.7 Å². The lowest BCUT2D eigenvalue weighted by Crippen LogP contribution is -2.21. The van der Waals surface area contributed by atoms with Crippen LogP contribution in [0.25, 0.3) is 0 Å². The molecule has 0 saturated carbocycles. The first-order chi connectivity index (χ1) is 7.75. The van der Waals surface area contributed by atoms with Crippen LogP contribution in [0, 0.1) is 0 Å². The van der Waals surface area contributed by atoms with Gasteiger partial charge in [-0.25, -0.2) is 4.98 Å². The van der Waals surface area contributed by atoms with Crippen LogP contribution in [0.5, 0.6) is 0 Å². The Morgan fingerprint density at radius 2 is 2.31 bits per heavy atom. The summed E-state index contributed by atoms with van der Waals surface area (Å²) in [6.07, 6.45) is 4.28. The maximum atomic E-state index is 5.79. The highest BCUT2D eigenvalue weighted by molar-refractivity contribution is 7.09. The van der Waals surface area contributed by atoms with Gasteiger partial charge in [0.2, 0.25) is 0 Å². The van der Waals surface area contributed by atoms with Crippen LogP contribution in [0.2, 0.25) is 5.15 Å². The molecule has 5 heteroatoms. The molecule has 2 heterocycles. The second kappa shape index (κ2) is 5.27. The first kappa shape index (κ1) is 11.4. The number of likely N-dealkylation sites (N-methyl/N-ethyl adjacent to an activating group) is 1. The first-order valence-corrected chi connectivity index (χ1v) is 6.22. The fourth-order valence-corrected chi connectivity index (χ4v) is 2.20. The van der Waals surface area contributed by atoms with Crippen LogP contribution in [-0.2, 0) is 6.42 Å². The molecule has 0 aromatic carbocycles. The highest BCUT2D eigenvalue weighted by Gasteiger charge is 2.04. The molecule has 0 fully saturated rings. The zero-order valence-corrected chi connectivity index (χ0v) is 10.5. The van der Waals surface area contributed by atoms with Crippen LogP contribution in [-0.4, -0.2) is 23.6 Å². The van der Waals surface area contributed by atoms with Gasteiger partial charge in [0.25, 0.3) is 0 Å². The number of aromatic nitrogens is 2. The van der Waals surface area contributed by atoms with Crippen LogP contribution < -0.4 is 4.90 Å². The van der Waals surface area contributed by atoms with Gasteiger partial charge >= 0.3 is 0 Å². The van der Waals surface area contributed by atoms with Gasteiger partial charge in [0.15, 0.2) is 0 Å². The number of rotatable bonds is 4. The number of halogens is 1. The average molecular weight is 254 g/mol. The lowest BCUT2D eigenvalue weighted by Gasteiger charge is -2.16. The smallest absolute Gasteiger partial charge is 0.149 e. The van der Waals surface area contributed by atoms with Gasteiger partial charge < -0.3 is 4.90 Å². The van der Waals surface area contributed by atoms with E-state index in [0.717, 1.165) is 18.8 Å². The minimum absolute atomic E-state index is 0.431. The summed E-state index contributed by atoms with van der Waals surface area (Å²) in [5.41, 5.74) is 0. The minimum atomic E-state index is 0.431. The Hall–Kier alpha value is -1.13. The zero-order chi connectivity index (χ0) is 11.4. The van der Waals surface area contributed by atoms with Crippen LogP contribution in [0.4, 0.5) is 5.82 Å². The van der Waals surface area contributed by atoms with E-state index in [1.165, 1.54) is 11.1 Å². The van der Waals surface area contributed by atoms with Crippen molar-refractivity contribution in [2.45, 2.75) is 6.42 Å². The summed E-state index contributed by atoms with van der Waals surface area (Å²) in [7, 11) is 1.99. The summed E-state index contributed by atoms with van der Waals surface area (Å²) in [6, 6.07) is 4.21. The molecule has 84 valence electrons. The summed E-state index contributed by atoms with van der Waals surface area (Å²) in [5, 5.41) is 2.52. The third-order valence-corrected chi connectivity index (χ3v) is 3.38. The lowest BCUT2D eigenvalue weighted by molar-refractivity contribution is 0.863. The molecule has 0 N–H and O–H groups in total. The Labute approximate surface area is 104 Å². The highest BCUT2D eigenvalue weighted by atomic mass is 35.5. The number of anilines is 1. The molecule has 0 unspecified atom stereocenters. The van der Waals surface area contributed by atoms with Gasteiger partial charge in [-0.2, -0.15) is 0 Å². The van der Waals surface area contributed by atoms with Gasteiger partial charge in [0, 0.05) is 18.5 Å². The van der Waals surface area contributed by atoms with Gasteiger partial charge in [0.1, 0.15) is 11.0 Å². The molecule has 3 nitrogen and oxygen atoms in total. The van der Waals surface area contributed by atoms with Crippen LogP contribution >= 0.6 is 22.9 Å². The van der Waals surface area contributed by atoms with Crippen molar-refractivity contribution < 1.29 is 0 Å². The van der Waals surface area contributed by atoms with Crippen molar-refractivity contribution >= 4 is 28.8 Å². The van der Waals surface area contributed by atoms with Crippen LogP contribution in [0.1, 0.15) is 4.88 Å². The maximum absolute atomic E-state index is 5.79. The monoisotopic (exact) mass is 253 g/mol. The van der Waals surface area contributed by atoms with Gasteiger partial charge in [-0.05, 0) is 17.9 Å². The second-order valence-electron chi connectivity index (χ2n) is 3.45. The van der Waals surface area contributed by atoms with Crippen molar-refractivity contribution in [2.24, 2.45) is 0 Å². The molecule has 16 heavy (non-hydrogen) atoms. The molecule has 0 aliphatic heterocycles. The van der Waals surface area contributed by atoms with Crippen molar-refractivity contribution in [1.29, 1.82) is 0 Å². The fourth-order valence-electron chi connectivity index (χ4n) is 1.36. The molecule has 2 aromatic heterocycles. The number of hydrogen-bond acceptors (Lipinski definition) is 4. The first-order valence-electron chi connectivity index (χ1n) is 4.97. The van der Waals surface area contributed by atoms with Gasteiger partial charge in [-0.3, -0.25) is 4.98 Å².